The van der Waals surface area contributed by atoms with Crippen LogP contribution < -0.4 is 27.0 Å². The molecular weight excluding hydrogens is 644 g/mol. The second-order valence-corrected chi connectivity index (χ2v) is 12.0. The molecular formula is C30H56N10O9. The highest BCUT2D eigenvalue weighted by Gasteiger charge is 2.22. The first-order valence-corrected chi connectivity index (χ1v) is 16.8. The number of rotatable bonds is 21. The quantitative estimate of drug-likeness (QED) is 0.0328. The molecule has 1 atom stereocenters. The third kappa shape index (κ3) is 22.2. The maximum Gasteiger partial charge on any atom is 0.317 e. The molecule has 0 aromatic heterocycles. The summed E-state index contributed by atoms with van der Waals surface area (Å²) in [5.74, 6) is -4.44. The van der Waals surface area contributed by atoms with E-state index in [1.54, 1.807) is 19.6 Å². The molecule has 0 bridgehead atoms. The number of carboxylic acid groups (broad SMARTS) is 3. The van der Waals surface area contributed by atoms with Gasteiger partial charge in [0.25, 0.3) is 0 Å². The molecule has 10 N–H and O–H groups in total. The smallest absolute Gasteiger partial charge is 0.317 e. The van der Waals surface area contributed by atoms with E-state index in [-0.39, 0.29) is 109 Å². The van der Waals surface area contributed by atoms with Crippen LogP contribution >= 0.6 is 0 Å². The summed E-state index contributed by atoms with van der Waals surface area (Å²) in [6.45, 7) is 4.18. The number of amides is 3. The third-order valence-electron chi connectivity index (χ3n) is 7.76. The topological polar surface area (TPSA) is 274 Å². The number of nitrogens with one attached hydrogen (secondary N) is 5. The lowest BCUT2D eigenvalue weighted by Crippen LogP contribution is -2.50. The summed E-state index contributed by atoms with van der Waals surface area (Å²) in [6.07, 6.45) is 3.50. The Labute approximate surface area is 287 Å². The number of hydrogen-bond donors (Lipinski definition) is 9. The molecule has 0 radical (unpaired) electrons. The number of hydrogen-bond acceptors (Lipinski definition) is 11. The number of carboxylic acids is 3. The molecule has 0 unspecified atom stereocenters. The van der Waals surface area contributed by atoms with Gasteiger partial charge < -0.3 is 42.3 Å². The highest BCUT2D eigenvalue weighted by Crippen LogP contribution is 2.03. The minimum absolute atomic E-state index is 0.00489. The van der Waals surface area contributed by atoms with Gasteiger partial charge in [-0.2, -0.15) is 0 Å². The lowest BCUT2D eigenvalue weighted by Gasteiger charge is -2.32. The van der Waals surface area contributed by atoms with Crippen LogP contribution in [0.3, 0.4) is 0 Å². The third-order valence-corrected chi connectivity index (χ3v) is 7.76. The number of carbonyl (C=O) groups is 6. The first kappa shape index (κ1) is 43.0. The van der Waals surface area contributed by atoms with Crippen LogP contribution in [0.5, 0.6) is 0 Å². The van der Waals surface area contributed by atoms with E-state index in [1.807, 2.05) is 0 Å². The van der Waals surface area contributed by atoms with Crippen LogP contribution in [0.4, 0.5) is 0 Å². The zero-order valence-electron chi connectivity index (χ0n) is 28.6. The average Bonchev–Trinajstić information content (AvgIpc) is 3.01. The van der Waals surface area contributed by atoms with Crippen molar-refractivity contribution in [2.45, 2.75) is 51.5 Å². The van der Waals surface area contributed by atoms with Gasteiger partial charge in [-0.25, -0.2) is 0 Å². The van der Waals surface area contributed by atoms with Gasteiger partial charge in [0.15, 0.2) is 5.96 Å². The van der Waals surface area contributed by atoms with Crippen LogP contribution in [0, 0.1) is 5.41 Å². The average molecular weight is 701 g/mol. The molecule has 1 fully saturated rings. The van der Waals surface area contributed by atoms with Crippen molar-refractivity contribution in [2.75, 3.05) is 98.2 Å². The SMILES string of the molecule is CCCCCNC(=O)[C@@H](CCCNC(=N)N)NC(=O)CCNC(=O)CN1CCN(CC(=O)O)CCN(CC(=O)O)CCN(CC(=O)O)CC1. The number of nitrogens with zero attached hydrogens (tertiary/aromatic N) is 4. The van der Waals surface area contributed by atoms with Crippen LogP contribution in [-0.2, 0) is 28.8 Å². The van der Waals surface area contributed by atoms with Gasteiger partial charge in [0.1, 0.15) is 6.04 Å². The largest absolute Gasteiger partial charge is 0.480 e. The maximum atomic E-state index is 12.9. The van der Waals surface area contributed by atoms with Gasteiger partial charge in [-0.05, 0) is 19.3 Å². The first-order valence-electron chi connectivity index (χ1n) is 16.8. The molecule has 49 heavy (non-hydrogen) atoms. The molecule has 0 aliphatic carbocycles. The summed E-state index contributed by atoms with van der Waals surface area (Å²) in [7, 11) is 0. The Bertz CT molecular complexity index is 1050. The van der Waals surface area contributed by atoms with Gasteiger partial charge >= 0.3 is 17.9 Å². The number of carbonyl (C=O) groups excluding carboxylic acids is 3. The molecule has 0 spiro atoms. The lowest BCUT2D eigenvalue weighted by atomic mass is 10.1. The van der Waals surface area contributed by atoms with Crippen LogP contribution in [0.2, 0.25) is 0 Å². The van der Waals surface area contributed by atoms with Gasteiger partial charge in [0.05, 0.1) is 26.2 Å². The molecule has 0 aromatic rings. The maximum absolute atomic E-state index is 12.9. The predicted octanol–water partition coefficient (Wildman–Crippen LogP) is -2.98. The Morgan fingerprint density at radius 2 is 1.08 bits per heavy atom. The highest BCUT2D eigenvalue weighted by molar-refractivity contribution is 5.88. The molecule has 19 heteroatoms. The zero-order valence-corrected chi connectivity index (χ0v) is 28.6. The number of aliphatic carboxylic acids is 3. The Morgan fingerprint density at radius 1 is 0.633 bits per heavy atom. The molecule has 19 nitrogen and oxygen atoms in total. The van der Waals surface area contributed by atoms with Gasteiger partial charge in [-0.1, -0.05) is 19.8 Å². The summed E-state index contributed by atoms with van der Waals surface area (Å²) in [4.78, 5) is 79.5. The van der Waals surface area contributed by atoms with Crippen molar-refractivity contribution in [3.05, 3.63) is 0 Å². The molecule has 1 rings (SSSR count). The van der Waals surface area contributed by atoms with Crippen LogP contribution in [0.15, 0.2) is 0 Å². The van der Waals surface area contributed by atoms with Crippen molar-refractivity contribution in [1.82, 2.24) is 40.9 Å². The summed E-state index contributed by atoms with van der Waals surface area (Å²) in [5, 5.41) is 46.3. The molecule has 280 valence electrons. The van der Waals surface area contributed by atoms with Gasteiger partial charge in [-0.3, -0.25) is 53.8 Å². The molecule has 0 aromatic carbocycles. The monoisotopic (exact) mass is 700 g/mol. The van der Waals surface area contributed by atoms with E-state index in [9.17, 15) is 44.1 Å². The van der Waals surface area contributed by atoms with Crippen molar-refractivity contribution in [2.24, 2.45) is 5.73 Å². The number of nitrogens with two attached hydrogens (primary N) is 1. The van der Waals surface area contributed by atoms with E-state index in [2.05, 4.69) is 28.2 Å². The summed E-state index contributed by atoms with van der Waals surface area (Å²) >= 11 is 0. The molecule has 0 saturated carbocycles. The van der Waals surface area contributed by atoms with Crippen molar-refractivity contribution < 1.29 is 44.1 Å². The van der Waals surface area contributed by atoms with Gasteiger partial charge in [-0.15, -0.1) is 0 Å². The van der Waals surface area contributed by atoms with E-state index in [4.69, 9.17) is 11.1 Å². The minimum Gasteiger partial charge on any atom is -0.480 e. The zero-order chi connectivity index (χ0) is 36.6. The second kappa shape index (κ2) is 25.0. The predicted molar refractivity (Wildman–Crippen MR) is 180 cm³/mol. The van der Waals surface area contributed by atoms with Crippen LogP contribution in [0.1, 0.15) is 45.4 Å². The van der Waals surface area contributed by atoms with E-state index < -0.39 is 29.9 Å². The fourth-order valence-electron chi connectivity index (χ4n) is 5.13. The van der Waals surface area contributed by atoms with E-state index in [1.165, 1.54) is 0 Å². The fraction of sp³-hybridized carbons (Fsp3) is 0.767. The Balaban J connectivity index is 2.79. The van der Waals surface area contributed by atoms with E-state index >= 15 is 0 Å². The fourth-order valence-corrected chi connectivity index (χ4v) is 5.13. The molecule has 3 amide bonds. The molecule has 1 saturated heterocycles. The number of guanidine groups is 1. The van der Waals surface area contributed by atoms with Gasteiger partial charge in [0, 0.05) is 78.4 Å². The highest BCUT2D eigenvalue weighted by atomic mass is 16.4. The Kier molecular flexibility index (Phi) is 21.9. The summed E-state index contributed by atoms with van der Waals surface area (Å²) in [5.41, 5.74) is 5.31. The Hall–Kier alpha value is -4.07. The summed E-state index contributed by atoms with van der Waals surface area (Å²) < 4.78 is 0. The number of unbranched alkanes of at least 4 members (excludes halogenated alkanes) is 2. The van der Waals surface area contributed by atoms with Crippen molar-refractivity contribution in [3.8, 4) is 0 Å². The summed E-state index contributed by atoms with van der Waals surface area (Å²) in [6, 6.07) is -0.792. The van der Waals surface area contributed by atoms with E-state index in [0.717, 1.165) is 19.3 Å². The Morgan fingerprint density at radius 3 is 1.51 bits per heavy atom. The van der Waals surface area contributed by atoms with Crippen molar-refractivity contribution in [3.63, 3.8) is 0 Å². The van der Waals surface area contributed by atoms with Crippen molar-refractivity contribution in [1.29, 1.82) is 5.41 Å². The van der Waals surface area contributed by atoms with Crippen LogP contribution in [0.25, 0.3) is 0 Å². The molecule has 1 aliphatic rings. The molecule has 1 heterocycles. The van der Waals surface area contributed by atoms with Crippen molar-refractivity contribution >= 4 is 41.6 Å². The lowest BCUT2D eigenvalue weighted by molar-refractivity contribution is -0.140. The van der Waals surface area contributed by atoms with E-state index in [0.29, 0.717) is 25.9 Å². The van der Waals surface area contributed by atoms with Crippen LogP contribution in [-0.4, -0.2) is 181 Å². The molecule has 1 aliphatic heterocycles. The second-order valence-electron chi connectivity index (χ2n) is 12.0. The standard InChI is InChI=1S/C30H56N10O9/c1-2-3-4-8-34-29(49)23(6-5-9-35-30(31)32)36-24(41)7-10-33-25(42)19-37-11-13-38(20-26(43)44)15-17-40(22-28(47)48)18-16-39(14-12-37)21-27(45)46/h23H,2-22H2,1H3,(H,33,42)(H,34,49)(H,36,41)(H,43,44)(H,45,46)(H,47,48)(H4,31,32,35)/t23-/m1/s1. The van der Waals surface area contributed by atoms with Gasteiger partial charge in [0.2, 0.25) is 17.7 Å². The first-order chi connectivity index (χ1) is 23.3. The minimum atomic E-state index is -1.05. The normalized spacial score (nSPS) is 16.3.